The average molecular weight is 1140 g/mol. The largest absolute Gasteiger partial charge is 0.330 e. The molecule has 0 spiro atoms. The molecule has 4 aliphatic rings. The van der Waals surface area contributed by atoms with E-state index < -0.39 is 5.54 Å². The van der Waals surface area contributed by atoms with E-state index in [0.29, 0.717) is 0 Å². The fourth-order valence-corrected chi connectivity index (χ4v) is 15.5. The Morgan fingerprint density at radius 1 is 0.341 bits per heavy atom. The quantitative estimate of drug-likeness (QED) is 0.147. The Kier molecular flexibility index (Phi) is 12.7. The summed E-state index contributed by atoms with van der Waals surface area (Å²) in [5, 5.41) is 0. The molecule has 15 rings (SSSR count). The van der Waals surface area contributed by atoms with E-state index in [9.17, 15) is 0 Å². The summed E-state index contributed by atoms with van der Waals surface area (Å²) in [4.78, 5) is 8.18. The molecule has 3 aliphatic heterocycles. The van der Waals surface area contributed by atoms with Crippen molar-refractivity contribution in [1.82, 2.24) is 0 Å². The molecule has 3 heterocycles. The van der Waals surface area contributed by atoms with Crippen LogP contribution in [0.15, 0.2) is 249 Å². The van der Waals surface area contributed by atoms with Gasteiger partial charge in [-0.15, -0.1) is 0 Å². The lowest BCUT2D eigenvalue weighted by Gasteiger charge is -2.52. The highest BCUT2D eigenvalue weighted by molar-refractivity contribution is 7.00. The van der Waals surface area contributed by atoms with E-state index in [1.807, 2.05) is 0 Å². The van der Waals surface area contributed by atoms with E-state index in [-0.39, 0.29) is 28.4 Å². The van der Waals surface area contributed by atoms with Crippen LogP contribution in [0.2, 0.25) is 0 Å². The molecule has 11 aromatic rings. The Balaban J connectivity index is 1.12. The minimum absolute atomic E-state index is 0.0896. The van der Waals surface area contributed by atoms with Gasteiger partial charge in [0.1, 0.15) is 0 Å². The molecular formula is C84H78BN3. The van der Waals surface area contributed by atoms with Crippen molar-refractivity contribution in [3.8, 4) is 44.5 Å². The van der Waals surface area contributed by atoms with Crippen molar-refractivity contribution in [3.63, 3.8) is 0 Å². The second-order valence-corrected chi connectivity index (χ2v) is 28.9. The highest BCUT2D eigenvalue weighted by Crippen LogP contribution is 2.65. The van der Waals surface area contributed by atoms with Crippen LogP contribution < -0.4 is 31.1 Å². The zero-order valence-electron chi connectivity index (χ0n) is 53.0. The molecule has 3 nitrogen and oxygen atoms in total. The predicted molar refractivity (Wildman–Crippen MR) is 376 cm³/mol. The van der Waals surface area contributed by atoms with E-state index in [2.05, 4.69) is 340 Å². The number of aryl methyl sites for hydroxylation is 1. The van der Waals surface area contributed by atoms with Crippen LogP contribution in [0.5, 0.6) is 0 Å². The molecule has 0 saturated carbocycles. The van der Waals surface area contributed by atoms with Crippen molar-refractivity contribution in [2.75, 3.05) is 14.7 Å². The number of nitrogens with zero attached hydrogens (tertiary/aromatic N) is 3. The first-order valence-corrected chi connectivity index (χ1v) is 31.9. The predicted octanol–water partition coefficient (Wildman–Crippen LogP) is 20.6. The average Bonchev–Trinajstić information content (AvgIpc) is 1.32. The van der Waals surface area contributed by atoms with Crippen molar-refractivity contribution in [3.05, 3.63) is 282 Å². The third kappa shape index (κ3) is 8.68. The van der Waals surface area contributed by atoms with Crippen molar-refractivity contribution < 1.29 is 0 Å². The molecule has 432 valence electrons. The summed E-state index contributed by atoms with van der Waals surface area (Å²) in [5.41, 5.74) is 30.2. The first-order chi connectivity index (χ1) is 42.3. The fourth-order valence-electron chi connectivity index (χ4n) is 15.5. The third-order valence-electron chi connectivity index (χ3n) is 20.6. The molecule has 0 fully saturated rings. The smallest absolute Gasteiger partial charge is 0.252 e. The van der Waals surface area contributed by atoms with Gasteiger partial charge in [0, 0.05) is 50.7 Å². The lowest BCUT2D eigenvalue weighted by Crippen LogP contribution is -2.61. The lowest BCUT2D eigenvalue weighted by molar-refractivity contribution is 0.245. The summed E-state index contributed by atoms with van der Waals surface area (Å²) >= 11 is 0. The zero-order chi connectivity index (χ0) is 60.6. The first kappa shape index (κ1) is 55.5. The van der Waals surface area contributed by atoms with Gasteiger partial charge in [-0.25, -0.2) is 0 Å². The monoisotopic (exact) mass is 1140 g/mol. The van der Waals surface area contributed by atoms with Gasteiger partial charge in [0.15, 0.2) is 0 Å². The van der Waals surface area contributed by atoms with Gasteiger partial charge in [-0.05, 0) is 180 Å². The molecule has 0 radical (unpaired) electrons. The molecule has 0 N–H and O–H groups in total. The van der Waals surface area contributed by atoms with Crippen LogP contribution in [0, 0.1) is 0 Å². The van der Waals surface area contributed by atoms with Gasteiger partial charge >= 0.3 is 0 Å². The maximum Gasteiger partial charge on any atom is 0.252 e. The maximum absolute atomic E-state index is 2.80. The fraction of sp³-hybridized carbons (Fsp3) is 0.214. The second-order valence-electron chi connectivity index (χ2n) is 28.9. The number of hydrogen-bond acceptors (Lipinski definition) is 3. The van der Waals surface area contributed by atoms with Crippen LogP contribution in [0.3, 0.4) is 0 Å². The minimum Gasteiger partial charge on any atom is -0.330 e. The van der Waals surface area contributed by atoms with Gasteiger partial charge in [-0.1, -0.05) is 257 Å². The number of rotatable bonds is 7. The minimum atomic E-state index is -0.494. The molecule has 88 heavy (non-hydrogen) atoms. The SMILES string of the molecule is CC(C)(C)c1ccc(N2c3ccc(-c4ccccc4)cc3B3c4ccc(C(C)(C)C)cc4N(c4ccc(C(C)(C)C)cc4-c4ccccc4)c4cc(N5c6ccc(-c7ccccc7)cc6C6(C)CCc7ccccc7C56C)cc2c43)c(-c2ccccc2)c1. The van der Waals surface area contributed by atoms with E-state index in [1.54, 1.807) is 0 Å². The van der Waals surface area contributed by atoms with Gasteiger partial charge in [0.2, 0.25) is 0 Å². The number of anilines is 8. The molecule has 0 saturated heterocycles. The highest BCUT2D eigenvalue weighted by Gasteiger charge is 2.60. The lowest BCUT2D eigenvalue weighted by atomic mass is 9.33. The van der Waals surface area contributed by atoms with E-state index in [1.165, 1.54) is 128 Å². The molecule has 2 unspecified atom stereocenters. The Morgan fingerprint density at radius 2 is 0.784 bits per heavy atom. The van der Waals surface area contributed by atoms with Crippen LogP contribution in [0.4, 0.5) is 45.5 Å². The van der Waals surface area contributed by atoms with Crippen molar-refractivity contribution in [2.45, 2.75) is 116 Å². The summed E-state index contributed by atoms with van der Waals surface area (Å²) in [6, 6.07) is 95.7. The van der Waals surface area contributed by atoms with Crippen LogP contribution in [0.1, 0.15) is 116 Å². The van der Waals surface area contributed by atoms with Gasteiger partial charge in [0.25, 0.3) is 6.71 Å². The number of fused-ring (bicyclic) bond motifs is 9. The topological polar surface area (TPSA) is 9.72 Å². The zero-order valence-corrected chi connectivity index (χ0v) is 53.0. The molecule has 1 aliphatic carbocycles. The third-order valence-corrected chi connectivity index (χ3v) is 20.6. The number of hydrogen-bond donors (Lipinski definition) is 0. The van der Waals surface area contributed by atoms with Crippen molar-refractivity contribution in [1.29, 1.82) is 0 Å². The summed E-state index contributed by atoms with van der Waals surface area (Å²) in [5.74, 6) is 0. The summed E-state index contributed by atoms with van der Waals surface area (Å²) in [6.07, 6.45) is 2.03. The Morgan fingerprint density at radius 3 is 1.32 bits per heavy atom. The molecule has 4 heteroatoms. The Hall–Kier alpha value is -9.12. The summed E-state index contributed by atoms with van der Waals surface area (Å²) < 4.78 is 0. The molecule has 11 aromatic carbocycles. The van der Waals surface area contributed by atoms with Gasteiger partial charge < -0.3 is 14.7 Å². The van der Waals surface area contributed by atoms with E-state index >= 15 is 0 Å². The van der Waals surface area contributed by atoms with E-state index in [0.717, 1.165) is 24.2 Å². The van der Waals surface area contributed by atoms with Crippen molar-refractivity contribution in [2.24, 2.45) is 0 Å². The second kappa shape index (κ2) is 20.2. The van der Waals surface area contributed by atoms with Gasteiger partial charge in [-0.3, -0.25) is 0 Å². The van der Waals surface area contributed by atoms with Gasteiger partial charge in [0.05, 0.1) is 16.9 Å². The molecule has 2 atom stereocenters. The van der Waals surface area contributed by atoms with Crippen LogP contribution in [-0.4, -0.2) is 6.71 Å². The first-order valence-electron chi connectivity index (χ1n) is 31.9. The normalized spacial score (nSPS) is 17.4. The van der Waals surface area contributed by atoms with E-state index in [4.69, 9.17) is 0 Å². The Bertz CT molecular complexity index is 4550. The van der Waals surface area contributed by atoms with Gasteiger partial charge in [-0.2, -0.15) is 0 Å². The highest BCUT2D eigenvalue weighted by atomic mass is 15.3. The van der Waals surface area contributed by atoms with Crippen molar-refractivity contribution >= 4 is 68.6 Å². The molecule has 0 aromatic heterocycles. The van der Waals surface area contributed by atoms with Crippen LogP contribution in [-0.2, 0) is 33.6 Å². The molecule has 0 amide bonds. The summed E-state index contributed by atoms with van der Waals surface area (Å²) in [7, 11) is 0. The maximum atomic E-state index is 2.80. The van der Waals surface area contributed by atoms with Crippen LogP contribution in [0.25, 0.3) is 44.5 Å². The molecular weight excluding hydrogens is 1060 g/mol. The molecule has 0 bridgehead atoms. The standard InChI is InChI=1S/C84H78BN3/c1-80(2,3)62-39-44-72(66(50-62)57-30-20-14-21-31-57)86-75-43-37-61(56-28-18-13-19-29-56)49-71(75)85-70-41-38-64(82(7,8)9)52-76(70)87(73-45-40-63(81(4,5)6)51-67(73)58-32-22-15-23-33-58)78-54-65(53-77(86)79(78)85)88-74-42-36-60(55-26-16-12-17-27-55)48-69(74)83(10)47-46-59-34-24-25-35-68(59)84(83,88)11/h12-45,48-54H,46-47H2,1-11H3. The number of benzene rings is 11. The summed E-state index contributed by atoms with van der Waals surface area (Å²) in [6.45, 7) is 26.1. The van der Waals surface area contributed by atoms with Crippen LogP contribution >= 0.6 is 0 Å². The Labute approximate surface area is 523 Å².